The number of methoxy groups -OCH3 is 1. The third-order valence-electron chi connectivity index (χ3n) is 7.31. The first kappa shape index (κ1) is 43.7. The van der Waals surface area contributed by atoms with Crippen LogP contribution in [-0.4, -0.2) is 62.8 Å². The maximum absolute atomic E-state index is 13.8. The summed E-state index contributed by atoms with van der Waals surface area (Å²) in [5.74, 6) is -1.11. The summed E-state index contributed by atoms with van der Waals surface area (Å²) in [5.41, 5.74) is 8.74. The van der Waals surface area contributed by atoms with Crippen molar-refractivity contribution in [2.24, 2.45) is 0 Å². The highest BCUT2D eigenvalue weighted by atomic mass is 32.2. The molecule has 0 bridgehead atoms. The first-order valence-corrected chi connectivity index (χ1v) is 18.9. The Balaban J connectivity index is 0.000000515. The second-order valence-corrected chi connectivity index (χ2v) is 14.0. The number of carbonyl (C=O) groups excluding carboxylic acids is 2. The van der Waals surface area contributed by atoms with Gasteiger partial charge >= 0.3 is 12.3 Å². The van der Waals surface area contributed by atoms with Gasteiger partial charge in [0.1, 0.15) is 6.54 Å². The Morgan fingerprint density at radius 1 is 0.904 bits per heavy atom. The van der Waals surface area contributed by atoms with E-state index in [0.717, 1.165) is 23.9 Å². The van der Waals surface area contributed by atoms with Gasteiger partial charge in [-0.1, -0.05) is 87.9 Å². The minimum absolute atomic E-state index is 0.0142. The number of unbranched alkanes of at least 4 members (excludes halogenated alkanes) is 1. The molecule has 1 heterocycles. The van der Waals surface area contributed by atoms with Gasteiger partial charge in [-0.15, -0.1) is 11.3 Å². The smallest absolute Gasteiger partial charge is 0.413 e. The first-order chi connectivity index (χ1) is 24.8. The number of nitrogens with two attached hydrogens (primary N) is 1. The minimum Gasteiger partial charge on any atom is -0.453 e. The van der Waals surface area contributed by atoms with Crippen LogP contribution >= 0.6 is 11.3 Å². The molecule has 1 aromatic heterocycles. The summed E-state index contributed by atoms with van der Waals surface area (Å²) in [6.45, 7) is 4.42. The number of nitrogens with one attached hydrogen (secondary N) is 2. The summed E-state index contributed by atoms with van der Waals surface area (Å²) in [5, 5.41) is 13.9. The predicted molar refractivity (Wildman–Crippen MR) is 198 cm³/mol. The fourth-order valence-electron chi connectivity index (χ4n) is 4.74. The summed E-state index contributed by atoms with van der Waals surface area (Å²) in [4.78, 5) is 22.9. The van der Waals surface area contributed by atoms with Crippen molar-refractivity contribution >= 4 is 39.0 Å². The number of anilines is 1. The van der Waals surface area contributed by atoms with E-state index in [0.29, 0.717) is 29.9 Å². The van der Waals surface area contributed by atoms with Gasteiger partial charge in [-0.2, -0.15) is 17.5 Å². The number of aliphatic hydroxyl groups is 1. The van der Waals surface area contributed by atoms with Crippen LogP contribution < -0.4 is 16.4 Å². The molecule has 284 valence electrons. The third kappa shape index (κ3) is 13.6. The average Bonchev–Trinajstić information content (AvgIpc) is 3.62. The topological polar surface area (TPSA) is 151 Å². The molecule has 0 aliphatic heterocycles. The number of amides is 2. The minimum atomic E-state index is -4.89. The van der Waals surface area contributed by atoms with Gasteiger partial charge in [-0.3, -0.25) is 4.79 Å². The van der Waals surface area contributed by atoms with Crippen LogP contribution in [0.4, 0.5) is 23.7 Å². The summed E-state index contributed by atoms with van der Waals surface area (Å²) in [6, 6.07) is 25.3. The highest BCUT2D eigenvalue weighted by Gasteiger charge is 2.43. The van der Waals surface area contributed by atoms with E-state index in [1.807, 2.05) is 31.4 Å². The maximum atomic E-state index is 13.8. The highest BCUT2D eigenvalue weighted by Crippen LogP contribution is 2.39. The standard InChI is InChI=1S/C22H29F3N4O6S2.C13H12.C2H6/c1-3-4-11-29(37(33,34)15-7-5-14(26)6-8-15)16(13-30)17-9-10-18(36-17)20(22(23,24)25)28-19(31)12-27-21(32)35-2;1-3-7-12(8-4-1)11-13-9-5-2-6-10-13;1-2/h5-10,16,20,30H,3-4,11-13,26H2,1-2H3,(H,27,32)(H,28,31);1-10H,11H2;1-2H3/t16-,20-;;/m1../s1. The Bertz CT molecular complexity index is 1700. The molecule has 0 aliphatic carbocycles. The van der Waals surface area contributed by atoms with E-state index in [-0.39, 0.29) is 21.2 Å². The number of nitrogens with zero attached hydrogens (tertiary/aromatic N) is 1. The Hall–Kier alpha value is -4.44. The van der Waals surface area contributed by atoms with Gasteiger partial charge in [0.2, 0.25) is 15.9 Å². The molecule has 0 aliphatic rings. The van der Waals surface area contributed by atoms with E-state index >= 15 is 0 Å². The molecule has 0 fully saturated rings. The van der Waals surface area contributed by atoms with Crippen molar-refractivity contribution in [1.82, 2.24) is 14.9 Å². The number of halogens is 3. The molecule has 0 saturated heterocycles. The first-order valence-electron chi connectivity index (χ1n) is 16.6. The molecule has 3 aromatic carbocycles. The van der Waals surface area contributed by atoms with Gasteiger partial charge in [-0.05, 0) is 60.4 Å². The van der Waals surface area contributed by atoms with Crippen LogP contribution in [0.3, 0.4) is 0 Å². The lowest BCUT2D eigenvalue weighted by atomic mass is 10.1. The Morgan fingerprint density at radius 3 is 1.92 bits per heavy atom. The van der Waals surface area contributed by atoms with Crippen LogP contribution in [-0.2, 0) is 26.0 Å². The summed E-state index contributed by atoms with van der Waals surface area (Å²) < 4.78 is 73.6. The SMILES string of the molecule is CC.CCCCN([C@H](CO)c1ccc([C@@H](NC(=O)CNC(=O)OC)C(F)(F)F)s1)S(=O)(=O)c1ccc(N)cc1.c1ccc(Cc2ccccc2)cc1. The molecular weight excluding hydrogens is 718 g/mol. The quantitative estimate of drug-likeness (QED) is 0.0990. The van der Waals surface area contributed by atoms with Gasteiger partial charge < -0.3 is 26.2 Å². The Labute approximate surface area is 307 Å². The molecule has 4 aromatic rings. The monoisotopic (exact) mass is 764 g/mol. The molecule has 0 radical (unpaired) electrons. The largest absolute Gasteiger partial charge is 0.453 e. The van der Waals surface area contributed by atoms with Gasteiger partial charge in [0.15, 0.2) is 6.04 Å². The Kier molecular flexibility index (Phi) is 18.3. The lowest BCUT2D eigenvalue weighted by molar-refractivity contribution is -0.162. The fraction of sp³-hybridized carbons (Fsp3) is 0.351. The summed E-state index contributed by atoms with van der Waals surface area (Å²) >= 11 is 0.614. The number of benzene rings is 3. The van der Waals surface area contributed by atoms with E-state index in [1.54, 1.807) is 0 Å². The lowest BCUT2D eigenvalue weighted by Crippen LogP contribution is -2.43. The van der Waals surface area contributed by atoms with Gasteiger partial charge in [0.25, 0.3) is 0 Å². The van der Waals surface area contributed by atoms with Crippen molar-refractivity contribution in [3.8, 4) is 0 Å². The summed E-state index contributed by atoms with van der Waals surface area (Å²) in [6.07, 6.45) is -3.78. The van der Waals surface area contributed by atoms with Crippen LogP contribution in [0.15, 0.2) is 102 Å². The molecular formula is C37H47F3N4O6S2. The lowest BCUT2D eigenvalue weighted by Gasteiger charge is -2.29. The van der Waals surface area contributed by atoms with Gasteiger partial charge in [0, 0.05) is 22.0 Å². The highest BCUT2D eigenvalue weighted by molar-refractivity contribution is 7.89. The molecule has 0 saturated carbocycles. The zero-order chi connectivity index (χ0) is 38.7. The van der Waals surface area contributed by atoms with Crippen LogP contribution in [0.1, 0.15) is 66.6 Å². The van der Waals surface area contributed by atoms with Crippen molar-refractivity contribution in [1.29, 1.82) is 0 Å². The fourth-order valence-corrected chi connectivity index (χ4v) is 7.63. The number of alkyl halides is 3. The normalized spacial score (nSPS) is 12.3. The zero-order valence-electron chi connectivity index (χ0n) is 29.6. The number of carbonyl (C=O) groups is 2. The van der Waals surface area contributed by atoms with Crippen molar-refractivity contribution in [3.05, 3.63) is 118 Å². The van der Waals surface area contributed by atoms with Crippen molar-refractivity contribution < 1.29 is 41.0 Å². The van der Waals surface area contributed by atoms with Crippen molar-refractivity contribution in [2.75, 3.05) is 32.5 Å². The van der Waals surface area contributed by atoms with Gasteiger partial charge in [0.05, 0.1) is 24.7 Å². The average molecular weight is 765 g/mol. The molecule has 10 nitrogen and oxygen atoms in total. The second-order valence-electron chi connectivity index (χ2n) is 11.0. The molecule has 52 heavy (non-hydrogen) atoms. The second kappa shape index (κ2) is 21.8. The molecule has 15 heteroatoms. The van der Waals surface area contributed by atoms with E-state index in [1.165, 1.54) is 41.5 Å². The molecule has 0 unspecified atom stereocenters. The van der Waals surface area contributed by atoms with E-state index < -0.39 is 53.4 Å². The predicted octanol–water partition coefficient (Wildman–Crippen LogP) is 7.23. The molecule has 5 N–H and O–H groups in total. The van der Waals surface area contributed by atoms with E-state index in [2.05, 4.69) is 65.4 Å². The molecule has 4 rings (SSSR count). The van der Waals surface area contributed by atoms with E-state index in [9.17, 15) is 36.3 Å². The number of sulfonamides is 1. The van der Waals surface area contributed by atoms with Crippen LogP contribution in [0.25, 0.3) is 0 Å². The summed E-state index contributed by atoms with van der Waals surface area (Å²) in [7, 11) is -3.11. The number of ether oxygens (including phenoxy) is 1. The van der Waals surface area contributed by atoms with E-state index in [4.69, 9.17) is 5.73 Å². The molecule has 0 spiro atoms. The zero-order valence-corrected chi connectivity index (χ0v) is 31.2. The maximum Gasteiger partial charge on any atom is 0.413 e. The number of hydrogen-bond acceptors (Lipinski definition) is 8. The Morgan fingerprint density at radius 2 is 1.44 bits per heavy atom. The number of aliphatic hydroxyl groups excluding tert-OH is 1. The number of alkyl carbamates (subject to hydrolysis) is 1. The molecule has 2 atom stereocenters. The van der Waals surface area contributed by atoms with Crippen molar-refractivity contribution in [2.45, 2.75) is 63.2 Å². The number of nitrogen functional groups attached to an aromatic ring is 1. The van der Waals surface area contributed by atoms with Crippen LogP contribution in [0, 0.1) is 0 Å². The van der Waals surface area contributed by atoms with Crippen molar-refractivity contribution in [3.63, 3.8) is 0 Å². The van der Waals surface area contributed by atoms with Crippen LogP contribution in [0.2, 0.25) is 0 Å². The third-order valence-corrected chi connectivity index (χ3v) is 10.5. The number of hydrogen-bond donors (Lipinski definition) is 4. The molecule has 2 amide bonds. The van der Waals surface area contributed by atoms with Crippen LogP contribution in [0.5, 0.6) is 0 Å². The van der Waals surface area contributed by atoms with Gasteiger partial charge in [-0.25, -0.2) is 13.2 Å². The number of rotatable bonds is 14. The number of thiophene rings is 1.